The fourth-order valence-corrected chi connectivity index (χ4v) is 3.05. The molecule has 160 valence electrons. The summed E-state index contributed by atoms with van der Waals surface area (Å²) in [4.78, 5) is 0. The summed E-state index contributed by atoms with van der Waals surface area (Å²) < 4.78 is 11.2. The van der Waals surface area contributed by atoms with Crippen molar-refractivity contribution < 1.29 is 19.7 Å². The van der Waals surface area contributed by atoms with Crippen molar-refractivity contribution in [2.24, 2.45) is 0 Å². The van der Waals surface area contributed by atoms with E-state index in [1.54, 1.807) is 0 Å². The molecule has 0 aromatic heterocycles. The van der Waals surface area contributed by atoms with Crippen LogP contribution in [0.2, 0.25) is 0 Å². The molecule has 3 N–H and O–H groups in total. The van der Waals surface area contributed by atoms with Gasteiger partial charge in [-0.3, -0.25) is 0 Å². The van der Waals surface area contributed by atoms with Gasteiger partial charge in [-0.2, -0.15) is 0 Å². The molecule has 5 nitrogen and oxygen atoms in total. The number of benzene rings is 2. The molecule has 0 saturated carbocycles. The lowest BCUT2D eigenvalue weighted by molar-refractivity contribution is 0.0393. The first-order valence-corrected chi connectivity index (χ1v) is 10.6. The first kappa shape index (κ1) is 23.5. The van der Waals surface area contributed by atoms with Gasteiger partial charge in [0.15, 0.2) is 0 Å². The van der Waals surface area contributed by atoms with Crippen molar-refractivity contribution in [1.82, 2.24) is 5.32 Å². The number of aliphatic hydroxyl groups excluding tert-OH is 2. The van der Waals surface area contributed by atoms with Crippen molar-refractivity contribution in [3.8, 4) is 0 Å². The van der Waals surface area contributed by atoms with Gasteiger partial charge in [0, 0.05) is 13.2 Å². The van der Waals surface area contributed by atoms with E-state index in [2.05, 4.69) is 17.4 Å². The van der Waals surface area contributed by atoms with Crippen LogP contribution in [0.25, 0.3) is 0 Å². The molecule has 0 saturated heterocycles. The van der Waals surface area contributed by atoms with Gasteiger partial charge in [0.05, 0.1) is 32.5 Å². The fourth-order valence-electron chi connectivity index (χ4n) is 3.05. The Morgan fingerprint density at radius 1 is 0.793 bits per heavy atom. The first-order valence-electron chi connectivity index (χ1n) is 10.6. The maximum atomic E-state index is 10.2. The van der Waals surface area contributed by atoms with Gasteiger partial charge in [-0.05, 0) is 36.1 Å². The summed E-state index contributed by atoms with van der Waals surface area (Å²) in [5.41, 5.74) is 2.85. The van der Waals surface area contributed by atoms with Crippen LogP contribution in [0.1, 0.15) is 48.5 Å². The van der Waals surface area contributed by atoms with Crippen LogP contribution in [0.15, 0.2) is 54.6 Å². The molecule has 0 bridgehead atoms. The van der Waals surface area contributed by atoms with Crippen molar-refractivity contribution in [2.45, 2.75) is 45.0 Å². The number of aliphatic hydroxyl groups is 2. The van der Waals surface area contributed by atoms with Gasteiger partial charge < -0.3 is 25.0 Å². The van der Waals surface area contributed by atoms with E-state index in [4.69, 9.17) is 14.6 Å². The highest BCUT2D eigenvalue weighted by Gasteiger charge is 2.07. The zero-order valence-electron chi connectivity index (χ0n) is 17.3. The van der Waals surface area contributed by atoms with E-state index in [9.17, 15) is 5.11 Å². The lowest BCUT2D eigenvalue weighted by Crippen LogP contribution is -2.22. The van der Waals surface area contributed by atoms with E-state index in [0.29, 0.717) is 26.4 Å². The van der Waals surface area contributed by atoms with Gasteiger partial charge >= 0.3 is 0 Å². The van der Waals surface area contributed by atoms with Crippen LogP contribution in [0.3, 0.4) is 0 Å². The predicted octanol–water partition coefficient (Wildman–Crippen LogP) is 3.60. The minimum absolute atomic E-state index is 0.00157. The molecule has 2 aromatic carbocycles. The minimum atomic E-state index is -0.543. The molecule has 5 heteroatoms. The third kappa shape index (κ3) is 10.5. The second kappa shape index (κ2) is 15.1. The van der Waals surface area contributed by atoms with Crippen LogP contribution in [0.5, 0.6) is 0 Å². The van der Waals surface area contributed by atoms with Crippen molar-refractivity contribution in [3.63, 3.8) is 0 Å². The molecule has 0 aliphatic rings. The Kier molecular flexibility index (Phi) is 12.3. The molecule has 0 unspecified atom stereocenters. The smallest absolute Gasteiger partial charge is 0.0914 e. The van der Waals surface area contributed by atoms with Crippen molar-refractivity contribution in [1.29, 1.82) is 0 Å². The molecule has 29 heavy (non-hydrogen) atoms. The zero-order chi connectivity index (χ0) is 20.6. The van der Waals surface area contributed by atoms with Gasteiger partial charge in [-0.1, -0.05) is 67.4 Å². The molecular weight excluding hydrogens is 366 g/mol. The predicted molar refractivity (Wildman–Crippen MR) is 116 cm³/mol. The lowest BCUT2D eigenvalue weighted by atomic mass is 10.1. The Morgan fingerprint density at radius 3 is 2.38 bits per heavy atom. The number of ether oxygens (including phenoxy) is 2. The molecule has 0 aliphatic carbocycles. The van der Waals surface area contributed by atoms with E-state index < -0.39 is 6.10 Å². The van der Waals surface area contributed by atoms with Crippen LogP contribution >= 0.6 is 0 Å². The third-order valence-corrected chi connectivity index (χ3v) is 4.73. The third-order valence-electron chi connectivity index (χ3n) is 4.73. The van der Waals surface area contributed by atoms with E-state index in [-0.39, 0.29) is 6.61 Å². The minimum Gasteiger partial charge on any atom is -0.392 e. The van der Waals surface area contributed by atoms with E-state index in [1.807, 2.05) is 42.5 Å². The maximum Gasteiger partial charge on any atom is 0.0914 e. The second-order valence-electron chi connectivity index (χ2n) is 7.19. The summed E-state index contributed by atoms with van der Waals surface area (Å²) in [6.45, 7) is 4.11. The van der Waals surface area contributed by atoms with Crippen LogP contribution in [0.4, 0.5) is 0 Å². The SMILES string of the molecule is OCc1cccc([C@@H](O)CNCCCCCCOCCOCc2ccccc2)c1. The Hall–Kier alpha value is -1.76. The fraction of sp³-hybridized carbons (Fsp3) is 0.500. The van der Waals surface area contributed by atoms with Gasteiger partial charge in [0.25, 0.3) is 0 Å². The standard InChI is InChI=1S/C24H35NO4/c26-19-22-11-8-12-23(17-22)24(27)18-25-13-6-1-2-7-14-28-15-16-29-20-21-9-4-3-5-10-21/h3-5,8-12,17,24-27H,1-2,6-7,13-16,18-20H2/t24-/m0/s1. The highest BCUT2D eigenvalue weighted by Crippen LogP contribution is 2.14. The molecule has 0 spiro atoms. The summed E-state index contributed by atoms with van der Waals surface area (Å²) in [7, 11) is 0. The summed E-state index contributed by atoms with van der Waals surface area (Å²) in [6, 6.07) is 17.6. The highest BCUT2D eigenvalue weighted by atomic mass is 16.5. The van der Waals surface area contributed by atoms with E-state index in [1.165, 1.54) is 5.56 Å². The topological polar surface area (TPSA) is 71.0 Å². The average molecular weight is 402 g/mol. The van der Waals surface area contributed by atoms with Gasteiger partial charge in [-0.25, -0.2) is 0 Å². The number of hydrogen-bond donors (Lipinski definition) is 3. The number of nitrogens with one attached hydrogen (secondary N) is 1. The molecular formula is C24H35NO4. The molecule has 0 aliphatic heterocycles. The van der Waals surface area contributed by atoms with Gasteiger partial charge in [-0.15, -0.1) is 0 Å². The number of hydrogen-bond acceptors (Lipinski definition) is 5. The zero-order valence-corrected chi connectivity index (χ0v) is 17.3. The lowest BCUT2D eigenvalue weighted by Gasteiger charge is -2.13. The molecule has 0 radical (unpaired) electrons. The summed E-state index contributed by atoms with van der Waals surface area (Å²) in [5, 5.41) is 22.7. The van der Waals surface area contributed by atoms with Crippen molar-refractivity contribution in [2.75, 3.05) is 32.9 Å². The summed E-state index contributed by atoms with van der Waals surface area (Å²) >= 11 is 0. The summed E-state index contributed by atoms with van der Waals surface area (Å²) in [6.07, 6.45) is 3.91. The Labute approximate surface area is 174 Å². The quantitative estimate of drug-likeness (QED) is 0.375. The Morgan fingerprint density at radius 2 is 1.55 bits per heavy atom. The number of rotatable bonds is 16. The van der Waals surface area contributed by atoms with Crippen LogP contribution < -0.4 is 5.32 Å². The first-order chi connectivity index (χ1) is 14.3. The van der Waals surface area contributed by atoms with E-state index in [0.717, 1.165) is 50.0 Å². The molecule has 2 aromatic rings. The van der Waals surface area contributed by atoms with E-state index >= 15 is 0 Å². The summed E-state index contributed by atoms with van der Waals surface area (Å²) in [5.74, 6) is 0. The Bertz CT molecular complexity index is 650. The monoisotopic (exact) mass is 401 g/mol. The molecule has 0 heterocycles. The second-order valence-corrected chi connectivity index (χ2v) is 7.19. The van der Waals surface area contributed by atoms with Crippen LogP contribution in [0, 0.1) is 0 Å². The Balaban J connectivity index is 1.36. The molecule has 2 rings (SSSR count). The van der Waals surface area contributed by atoms with Crippen LogP contribution in [-0.4, -0.2) is 43.1 Å². The van der Waals surface area contributed by atoms with Crippen molar-refractivity contribution in [3.05, 3.63) is 71.3 Å². The number of unbranched alkanes of at least 4 members (excludes halogenated alkanes) is 3. The average Bonchev–Trinajstić information content (AvgIpc) is 2.77. The van der Waals surface area contributed by atoms with Gasteiger partial charge in [0.2, 0.25) is 0 Å². The largest absolute Gasteiger partial charge is 0.392 e. The maximum absolute atomic E-state index is 10.2. The van der Waals surface area contributed by atoms with Crippen LogP contribution in [-0.2, 0) is 22.7 Å². The normalized spacial score (nSPS) is 12.2. The molecule has 0 fully saturated rings. The van der Waals surface area contributed by atoms with Crippen molar-refractivity contribution >= 4 is 0 Å². The molecule has 1 atom stereocenters. The highest BCUT2D eigenvalue weighted by molar-refractivity contribution is 5.24. The molecule has 0 amide bonds. The van der Waals surface area contributed by atoms with Gasteiger partial charge in [0.1, 0.15) is 0 Å².